The van der Waals surface area contributed by atoms with Crippen molar-refractivity contribution in [2.24, 2.45) is 10.9 Å². The number of nitrogens with zero attached hydrogens (tertiary/aromatic N) is 3. The summed E-state index contributed by atoms with van der Waals surface area (Å²) in [5, 5.41) is -0.399. The van der Waals surface area contributed by atoms with Gasteiger partial charge in [0.15, 0.2) is 5.92 Å². The van der Waals surface area contributed by atoms with E-state index in [0.717, 1.165) is 15.4 Å². The van der Waals surface area contributed by atoms with E-state index >= 15 is 0 Å². The lowest BCUT2D eigenvalue weighted by molar-refractivity contribution is -0.407. The predicted octanol–water partition coefficient (Wildman–Crippen LogP) is 1.67. The molecule has 130 valence electrons. The number of dihydropyridines is 1. The van der Waals surface area contributed by atoms with Crippen molar-refractivity contribution in [2.45, 2.75) is 32.4 Å². The summed E-state index contributed by atoms with van der Waals surface area (Å²) in [5.74, 6) is -0.882. The summed E-state index contributed by atoms with van der Waals surface area (Å²) < 4.78 is 6.49. The number of urea groups is 1. The third-order valence-corrected chi connectivity index (χ3v) is 5.61. The minimum absolute atomic E-state index is 0.296. The number of amidine groups is 1. The fraction of sp³-hybridized carbons (Fsp3) is 0.562. The molecule has 0 aliphatic carbocycles. The minimum atomic E-state index is -0.656. The first-order valence-electron chi connectivity index (χ1n) is 7.83. The number of carbonyl (C=O) groups excluding carboxylic acids is 3. The van der Waals surface area contributed by atoms with Crippen LogP contribution in [0.2, 0.25) is 0 Å². The molecule has 7 nitrogen and oxygen atoms in total. The third-order valence-electron chi connectivity index (χ3n) is 3.98. The molecule has 24 heavy (non-hydrogen) atoms. The first kappa shape index (κ1) is 18.4. The number of rotatable bonds is 5. The molecule has 2 atom stereocenters. The molecular weight excluding hydrogens is 330 g/mol. The molecule has 0 fully saturated rings. The van der Waals surface area contributed by atoms with Crippen LogP contribution in [0.25, 0.3) is 0 Å². The van der Waals surface area contributed by atoms with E-state index in [0.29, 0.717) is 18.9 Å². The number of imide groups is 1. The van der Waals surface area contributed by atoms with E-state index in [1.807, 2.05) is 13.8 Å². The molecule has 0 bridgehead atoms. The number of carbonyl (C=O) groups is 3. The topological polar surface area (TPSA) is 79.0 Å². The van der Waals surface area contributed by atoms with Gasteiger partial charge < -0.3 is 4.74 Å². The summed E-state index contributed by atoms with van der Waals surface area (Å²) >= 11 is 1.32. The number of esters is 1. The van der Waals surface area contributed by atoms with Gasteiger partial charge in [-0.15, -0.1) is 16.8 Å². The molecule has 0 saturated heterocycles. The largest absolute Gasteiger partial charge is 0.465 e. The lowest BCUT2D eigenvalue weighted by atomic mass is 9.99. The zero-order valence-electron chi connectivity index (χ0n) is 14.5. The monoisotopic (exact) mass is 352 g/mol. The van der Waals surface area contributed by atoms with E-state index in [-0.39, 0.29) is 11.9 Å². The SMILES string of the molecule is CCOC(=O)C(CC)SC1=C(C)C=NC2=[N+](C)C(=O)N(C)C(=O)C12. The zero-order valence-corrected chi connectivity index (χ0v) is 15.3. The Kier molecular flexibility index (Phi) is 5.58. The van der Waals surface area contributed by atoms with Crippen LogP contribution in [0.4, 0.5) is 4.79 Å². The van der Waals surface area contributed by atoms with Crippen molar-refractivity contribution < 1.29 is 23.7 Å². The van der Waals surface area contributed by atoms with Crippen LogP contribution in [0.1, 0.15) is 27.2 Å². The molecular formula is C16H22N3O4S+. The summed E-state index contributed by atoms with van der Waals surface area (Å²) in [7, 11) is 3.05. The molecule has 0 aromatic heterocycles. The molecule has 3 amide bonds. The van der Waals surface area contributed by atoms with E-state index in [4.69, 9.17) is 4.74 Å². The van der Waals surface area contributed by atoms with Crippen molar-refractivity contribution in [2.75, 3.05) is 20.7 Å². The van der Waals surface area contributed by atoms with Gasteiger partial charge in [0.2, 0.25) is 0 Å². The molecule has 0 N–H and O–H groups in total. The normalized spacial score (nSPS) is 22.0. The first-order chi connectivity index (χ1) is 11.3. The molecule has 0 radical (unpaired) electrons. The molecule has 0 aromatic rings. The van der Waals surface area contributed by atoms with Crippen LogP contribution in [0.5, 0.6) is 0 Å². The van der Waals surface area contributed by atoms with Gasteiger partial charge in [0.05, 0.1) is 20.7 Å². The Morgan fingerprint density at radius 1 is 1.46 bits per heavy atom. The highest BCUT2D eigenvalue weighted by Gasteiger charge is 2.48. The Hall–Kier alpha value is -1.96. The van der Waals surface area contributed by atoms with Gasteiger partial charge in [-0.2, -0.15) is 9.48 Å². The maximum Gasteiger partial charge on any atom is 0.445 e. The van der Waals surface area contributed by atoms with Crippen molar-refractivity contribution in [3.8, 4) is 0 Å². The maximum absolute atomic E-state index is 12.7. The second-order valence-corrected chi connectivity index (χ2v) is 6.85. The Morgan fingerprint density at radius 3 is 2.71 bits per heavy atom. The molecule has 8 heteroatoms. The molecule has 2 heterocycles. The van der Waals surface area contributed by atoms with Crippen LogP contribution in [0, 0.1) is 5.92 Å². The number of fused-ring (bicyclic) bond motifs is 1. The van der Waals surface area contributed by atoms with E-state index < -0.39 is 17.2 Å². The minimum Gasteiger partial charge on any atom is -0.465 e. The Morgan fingerprint density at radius 2 is 2.12 bits per heavy atom. The van der Waals surface area contributed by atoms with Gasteiger partial charge in [-0.1, -0.05) is 6.92 Å². The number of thioether (sulfide) groups is 1. The molecule has 0 saturated carbocycles. The number of aliphatic imine (C=N–C) groups is 1. The van der Waals surface area contributed by atoms with Crippen molar-refractivity contribution >= 4 is 41.7 Å². The van der Waals surface area contributed by atoms with Gasteiger partial charge in [0, 0.05) is 4.91 Å². The van der Waals surface area contributed by atoms with Crippen LogP contribution in [-0.2, 0) is 14.3 Å². The van der Waals surface area contributed by atoms with E-state index in [1.165, 1.54) is 23.4 Å². The molecule has 2 unspecified atom stereocenters. The molecule has 2 rings (SSSR count). The molecule has 0 aromatic carbocycles. The van der Waals surface area contributed by atoms with Crippen molar-refractivity contribution in [3.63, 3.8) is 0 Å². The van der Waals surface area contributed by atoms with Gasteiger partial charge in [-0.3, -0.25) is 9.59 Å². The van der Waals surface area contributed by atoms with E-state index in [9.17, 15) is 14.4 Å². The lowest BCUT2D eigenvalue weighted by Gasteiger charge is -2.28. The molecule has 2 aliphatic heterocycles. The quantitative estimate of drug-likeness (QED) is 0.555. The average Bonchev–Trinajstić information content (AvgIpc) is 2.56. The fourth-order valence-electron chi connectivity index (χ4n) is 2.61. The van der Waals surface area contributed by atoms with Crippen LogP contribution in [0.15, 0.2) is 15.5 Å². The third kappa shape index (κ3) is 3.15. The number of allylic oxidation sites excluding steroid dienone is 1. The van der Waals surface area contributed by atoms with Crippen LogP contribution in [0.3, 0.4) is 0 Å². The summed E-state index contributed by atoms with van der Waals surface area (Å²) in [5.41, 5.74) is 0.820. The first-order valence-corrected chi connectivity index (χ1v) is 8.71. The fourth-order valence-corrected chi connectivity index (χ4v) is 3.83. The Labute approximate surface area is 145 Å². The van der Waals surface area contributed by atoms with Crippen LogP contribution in [-0.4, -0.2) is 65.4 Å². The maximum atomic E-state index is 12.7. The van der Waals surface area contributed by atoms with Gasteiger partial charge in [0.25, 0.3) is 5.84 Å². The van der Waals surface area contributed by atoms with Gasteiger partial charge >= 0.3 is 17.9 Å². The summed E-state index contributed by atoms with van der Waals surface area (Å²) in [6, 6.07) is -0.412. The zero-order chi connectivity index (χ0) is 18.0. The van der Waals surface area contributed by atoms with Crippen molar-refractivity contribution in [3.05, 3.63) is 10.5 Å². The number of amides is 3. The van der Waals surface area contributed by atoms with E-state index in [1.54, 1.807) is 20.2 Å². The van der Waals surface area contributed by atoms with Crippen LogP contribution < -0.4 is 0 Å². The van der Waals surface area contributed by atoms with Crippen molar-refractivity contribution in [1.29, 1.82) is 0 Å². The number of hydrogen-bond donors (Lipinski definition) is 0. The average molecular weight is 352 g/mol. The molecule has 2 aliphatic rings. The highest BCUT2D eigenvalue weighted by Crippen LogP contribution is 2.38. The second-order valence-electron chi connectivity index (χ2n) is 5.60. The van der Waals surface area contributed by atoms with Crippen molar-refractivity contribution in [1.82, 2.24) is 4.90 Å². The highest BCUT2D eigenvalue weighted by molar-refractivity contribution is 8.04. The number of hydrogen-bond acceptors (Lipinski definition) is 6. The smallest absolute Gasteiger partial charge is 0.445 e. The van der Waals surface area contributed by atoms with Crippen LogP contribution >= 0.6 is 11.8 Å². The van der Waals surface area contributed by atoms with Gasteiger partial charge in [-0.05, 0) is 25.8 Å². The molecule has 0 spiro atoms. The predicted molar refractivity (Wildman–Crippen MR) is 92.3 cm³/mol. The highest BCUT2D eigenvalue weighted by atomic mass is 32.2. The summed E-state index contributed by atoms with van der Waals surface area (Å²) in [6.45, 7) is 5.83. The summed E-state index contributed by atoms with van der Waals surface area (Å²) in [6.07, 6.45) is 2.21. The summed E-state index contributed by atoms with van der Waals surface area (Å²) in [4.78, 5) is 43.0. The van der Waals surface area contributed by atoms with Gasteiger partial charge in [0.1, 0.15) is 11.5 Å². The lowest BCUT2D eigenvalue weighted by Crippen LogP contribution is -2.52. The number of ether oxygens (including phenoxy) is 1. The van der Waals surface area contributed by atoms with Gasteiger partial charge in [-0.25, -0.2) is 4.79 Å². The standard InChI is InChI=1S/C16H22N3O4S/c1-6-10(15(21)23-7-2)24-12-9(3)8-17-13-11(12)14(20)19(5)16(22)18(13)4/h8,10-11H,6-7H2,1-5H3/q+1. The Bertz CT molecular complexity index is 681. The van der Waals surface area contributed by atoms with E-state index in [2.05, 4.69) is 4.99 Å². The second kappa shape index (κ2) is 7.29. The Balaban J connectivity index is 2.41.